The normalized spacial score (nSPS) is 22.8. The van der Waals surface area contributed by atoms with E-state index < -0.39 is 26.2 Å². The molecule has 1 aliphatic carbocycles. The van der Waals surface area contributed by atoms with Crippen molar-refractivity contribution < 1.29 is 22.0 Å². The number of carbonyl (C=O) groups is 1. The van der Waals surface area contributed by atoms with Crippen molar-refractivity contribution in [1.29, 1.82) is 0 Å². The van der Waals surface area contributed by atoms with Crippen molar-refractivity contribution in [3.8, 4) is 0 Å². The fourth-order valence-electron chi connectivity index (χ4n) is 4.11. The molecule has 2 aromatic rings. The van der Waals surface area contributed by atoms with E-state index in [0.717, 1.165) is 24.5 Å². The molecule has 7 heteroatoms. The summed E-state index contributed by atoms with van der Waals surface area (Å²) in [4.78, 5) is 10.7. The van der Waals surface area contributed by atoms with Crippen molar-refractivity contribution in [2.24, 2.45) is 5.92 Å². The molecular weight excluding hydrogens is 406 g/mol. The van der Waals surface area contributed by atoms with Gasteiger partial charge in [0, 0.05) is 17.0 Å². The average Bonchev–Trinajstić information content (AvgIpc) is 2.69. The van der Waals surface area contributed by atoms with Crippen LogP contribution in [0.2, 0.25) is 5.02 Å². The third-order valence-electron chi connectivity index (χ3n) is 5.66. The molecule has 0 amide bonds. The minimum atomic E-state index is -4.01. The molecule has 0 N–H and O–H groups in total. The summed E-state index contributed by atoms with van der Waals surface area (Å²) in [5.74, 6) is -1.22. The monoisotopic (exact) mass is 426 g/mol. The summed E-state index contributed by atoms with van der Waals surface area (Å²) in [6, 6.07) is 8.69. The van der Waals surface area contributed by atoms with Crippen LogP contribution in [-0.2, 0) is 19.4 Å². The Labute approximate surface area is 168 Å². The van der Waals surface area contributed by atoms with E-state index in [4.69, 9.17) is 11.6 Å². The van der Waals surface area contributed by atoms with Gasteiger partial charge in [0.2, 0.25) is 0 Å². The number of sulfone groups is 1. The molecular formula is C21H21ClF2O3S. The number of aldehydes is 1. The minimum Gasteiger partial charge on any atom is -0.303 e. The summed E-state index contributed by atoms with van der Waals surface area (Å²) in [5, 5.41) is 0.391. The number of benzene rings is 2. The Morgan fingerprint density at radius 2 is 1.71 bits per heavy atom. The van der Waals surface area contributed by atoms with Gasteiger partial charge in [-0.2, -0.15) is 0 Å². The molecule has 0 atom stereocenters. The van der Waals surface area contributed by atoms with Crippen molar-refractivity contribution in [2.45, 2.75) is 48.2 Å². The van der Waals surface area contributed by atoms with Crippen LogP contribution in [0.25, 0.3) is 0 Å². The zero-order valence-corrected chi connectivity index (χ0v) is 16.8. The lowest BCUT2D eigenvalue weighted by Gasteiger charge is -2.40. The highest BCUT2D eigenvalue weighted by atomic mass is 35.5. The fraction of sp³-hybridized carbons (Fsp3) is 0.381. The molecule has 0 radical (unpaired) electrons. The number of rotatable bonds is 6. The van der Waals surface area contributed by atoms with E-state index in [2.05, 4.69) is 0 Å². The van der Waals surface area contributed by atoms with Crippen molar-refractivity contribution in [2.75, 3.05) is 0 Å². The topological polar surface area (TPSA) is 51.2 Å². The third kappa shape index (κ3) is 3.85. The summed E-state index contributed by atoms with van der Waals surface area (Å²) in [6.45, 7) is 0. The first-order valence-corrected chi connectivity index (χ1v) is 11.1. The number of halogens is 3. The van der Waals surface area contributed by atoms with Crippen LogP contribution in [0.3, 0.4) is 0 Å². The van der Waals surface area contributed by atoms with Crippen LogP contribution in [0.15, 0.2) is 47.4 Å². The standard InChI is InChI=1S/C21H21ClF2O3S/c22-16-3-6-18(7-4-16)28(26,27)21(19-14-17(23)5-8-20(19)24)11-9-15(10-12-21)2-1-13-25/h3-8,13-15H,1-2,9-12H2. The molecule has 3 rings (SSSR count). The van der Waals surface area contributed by atoms with Crippen LogP contribution in [0.5, 0.6) is 0 Å². The first-order chi connectivity index (χ1) is 13.3. The first kappa shape index (κ1) is 20.9. The Bertz CT molecular complexity index is 950. The summed E-state index contributed by atoms with van der Waals surface area (Å²) in [7, 11) is -4.01. The molecule has 1 fully saturated rings. The van der Waals surface area contributed by atoms with Crippen LogP contribution < -0.4 is 0 Å². The SMILES string of the molecule is O=CCCC1CCC(c2cc(F)ccc2F)(S(=O)(=O)c2ccc(Cl)cc2)CC1. The van der Waals surface area contributed by atoms with Crippen molar-refractivity contribution >= 4 is 27.7 Å². The molecule has 1 saturated carbocycles. The second-order valence-corrected chi connectivity index (χ2v) is 9.96. The maximum Gasteiger partial charge on any atom is 0.188 e. The summed E-state index contributed by atoms with van der Waals surface area (Å²) in [6.07, 6.45) is 3.32. The van der Waals surface area contributed by atoms with Crippen LogP contribution in [-0.4, -0.2) is 14.7 Å². The van der Waals surface area contributed by atoms with Crippen LogP contribution in [0.4, 0.5) is 8.78 Å². The molecule has 1 aliphatic rings. The summed E-state index contributed by atoms with van der Waals surface area (Å²) >= 11 is 5.88. The van der Waals surface area contributed by atoms with Gasteiger partial charge in [-0.1, -0.05) is 11.6 Å². The van der Waals surface area contributed by atoms with Gasteiger partial charge < -0.3 is 4.79 Å². The minimum absolute atomic E-state index is 0.0342. The lowest BCUT2D eigenvalue weighted by molar-refractivity contribution is -0.108. The molecule has 0 unspecified atom stereocenters. The number of hydrogen-bond donors (Lipinski definition) is 0. The van der Waals surface area contributed by atoms with Crippen molar-refractivity contribution in [3.63, 3.8) is 0 Å². The molecule has 0 bridgehead atoms. The molecule has 0 spiro atoms. The molecule has 0 saturated heterocycles. The van der Waals surface area contributed by atoms with E-state index in [1.807, 2.05) is 0 Å². The van der Waals surface area contributed by atoms with Crippen LogP contribution in [0.1, 0.15) is 44.1 Å². The average molecular weight is 427 g/mol. The van der Waals surface area contributed by atoms with E-state index in [0.29, 0.717) is 30.7 Å². The van der Waals surface area contributed by atoms with Gasteiger partial charge >= 0.3 is 0 Å². The van der Waals surface area contributed by atoms with Crippen LogP contribution >= 0.6 is 11.6 Å². The van der Waals surface area contributed by atoms with E-state index in [1.165, 1.54) is 24.3 Å². The molecule has 0 heterocycles. The van der Waals surface area contributed by atoms with E-state index in [1.54, 1.807) is 0 Å². The predicted octanol–water partition coefficient (Wildman–Crippen LogP) is 5.46. The maximum absolute atomic E-state index is 14.7. The van der Waals surface area contributed by atoms with Gasteiger partial charge in [-0.05, 0) is 80.5 Å². The lowest BCUT2D eigenvalue weighted by Crippen LogP contribution is -2.40. The summed E-state index contributed by atoms with van der Waals surface area (Å²) in [5.41, 5.74) is -0.128. The zero-order valence-electron chi connectivity index (χ0n) is 15.2. The Morgan fingerprint density at radius 3 is 2.32 bits per heavy atom. The quantitative estimate of drug-likeness (QED) is 0.576. The van der Waals surface area contributed by atoms with Gasteiger partial charge in [-0.25, -0.2) is 17.2 Å². The van der Waals surface area contributed by atoms with Gasteiger partial charge in [-0.3, -0.25) is 0 Å². The second-order valence-electron chi connectivity index (χ2n) is 7.26. The lowest BCUT2D eigenvalue weighted by atomic mass is 9.76. The highest BCUT2D eigenvalue weighted by Gasteiger charge is 2.49. The first-order valence-electron chi connectivity index (χ1n) is 9.19. The van der Waals surface area contributed by atoms with Crippen molar-refractivity contribution in [1.82, 2.24) is 0 Å². The Morgan fingerprint density at radius 1 is 1.07 bits per heavy atom. The van der Waals surface area contributed by atoms with E-state index in [-0.39, 0.29) is 29.2 Å². The molecule has 0 aliphatic heterocycles. The zero-order chi connectivity index (χ0) is 20.4. The van der Waals surface area contributed by atoms with Gasteiger partial charge in [-0.15, -0.1) is 0 Å². The van der Waals surface area contributed by atoms with E-state index >= 15 is 0 Å². The van der Waals surface area contributed by atoms with Crippen molar-refractivity contribution in [3.05, 3.63) is 64.7 Å². The molecule has 2 aromatic carbocycles. The Balaban J connectivity index is 2.09. The third-order valence-corrected chi connectivity index (χ3v) is 8.46. The van der Waals surface area contributed by atoms with Gasteiger partial charge in [0.15, 0.2) is 9.84 Å². The number of carbonyl (C=O) groups excluding carboxylic acids is 1. The highest BCUT2D eigenvalue weighted by molar-refractivity contribution is 7.92. The maximum atomic E-state index is 14.7. The Hall–Kier alpha value is -1.79. The second kappa shape index (κ2) is 8.29. The van der Waals surface area contributed by atoms with Crippen LogP contribution in [0, 0.1) is 17.6 Å². The van der Waals surface area contributed by atoms with Gasteiger partial charge in [0.05, 0.1) is 4.90 Å². The molecule has 3 nitrogen and oxygen atoms in total. The fourth-order valence-corrected chi connectivity index (χ4v) is 6.40. The predicted molar refractivity (Wildman–Crippen MR) is 104 cm³/mol. The molecule has 0 aromatic heterocycles. The smallest absolute Gasteiger partial charge is 0.188 e. The number of hydrogen-bond acceptors (Lipinski definition) is 3. The summed E-state index contributed by atoms with van der Waals surface area (Å²) < 4.78 is 54.3. The van der Waals surface area contributed by atoms with E-state index in [9.17, 15) is 22.0 Å². The molecule has 28 heavy (non-hydrogen) atoms. The molecule has 150 valence electrons. The highest BCUT2D eigenvalue weighted by Crippen LogP contribution is 2.49. The Kier molecular flexibility index (Phi) is 6.20. The largest absolute Gasteiger partial charge is 0.303 e. The van der Waals surface area contributed by atoms with Gasteiger partial charge in [0.25, 0.3) is 0 Å². The van der Waals surface area contributed by atoms with Gasteiger partial charge in [0.1, 0.15) is 22.7 Å².